The minimum Gasteiger partial charge on any atom is -0.493 e. The average Bonchev–Trinajstić information content (AvgIpc) is 3.00. The predicted molar refractivity (Wildman–Crippen MR) is 157 cm³/mol. The van der Waals surface area contributed by atoms with Gasteiger partial charge in [-0.1, -0.05) is 42.5 Å². The number of ether oxygens (including phenoxy) is 2. The zero-order valence-corrected chi connectivity index (χ0v) is 23.2. The fourth-order valence-corrected chi connectivity index (χ4v) is 5.00. The monoisotopic (exact) mass is 592 g/mol. The Morgan fingerprint density at radius 3 is 2.37 bits per heavy atom. The molecule has 3 N–H and O–H groups in total. The summed E-state index contributed by atoms with van der Waals surface area (Å²) in [6, 6.07) is 17.2. The summed E-state index contributed by atoms with van der Waals surface area (Å²) in [5, 5.41) is 15.3. The minimum absolute atomic E-state index is 0.0636. The number of nitrogens with one attached hydrogen (secondary N) is 2. The van der Waals surface area contributed by atoms with Crippen molar-refractivity contribution >= 4 is 28.8 Å². The summed E-state index contributed by atoms with van der Waals surface area (Å²) < 4.78 is 50.9. The van der Waals surface area contributed by atoms with E-state index in [-0.39, 0.29) is 6.42 Å². The lowest BCUT2D eigenvalue weighted by Crippen LogP contribution is -2.34. The largest absolute Gasteiger partial charge is 0.493 e. The van der Waals surface area contributed by atoms with Crippen molar-refractivity contribution < 1.29 is 37.3 Å². The van der Waals surface area contributed by atoms with Gasteiger partial charge in [-0.05, 0) is 71.9 Å². The molecule has 0 bridgehead atoms. The van der Waals surface area contributed by atoms with Gasteiger partial charge in [0.05, 0.1) is 12.2 Å². The molecule has 5 rings (SSSR count). The van der Waals surface area contributed by atoms with Crippen molar-refractivity contribution in [1.82, 2.24) is 0 Å². The highest BCUT2D eigenvalue weighted by molar-refractivity contribution is 6.03. The SMILES string of the molecule is O=C(/C=C/C=C(/c1ccc(OCC2CCOCC2)cc1)c1ccc(C(F)(F)F)cc1)Nc1cccc2c1CC(O)C(=O)N2. The van der Waals surface area contributed by atoms with Crippen molar-refractivity contribution in [2.45, 2.75) is 31.5 Å². The second-order valence-corrected chi connectivity index (χ2v) is 10.4. The molecule has 3 aromatic rings. The molecule has 1 fully saturated rings. The second-order valence-electron chi connectivity index (χ2n) is 10.4. The van der Waals surface area contributed by atoms with Crippen molar-refractivity contribution in [2.24, 2.45) is 5.92 Å². The maximum Gasteiger partial charge on any atom is 0.416 e. The molecule has 1 unspecified atom stereocenters. The molecular formula is C33H31F3N2O5. The van der Waals surface area contributed by atoms with E-state index in [1.165, 1.54) is 24.3 Å². The van der Waals surface area contributed by atoms with Crippen LogP contribution in [0.5, 0.6) is 5.75 Å². The molecule has 7 nitrogen and oxygen atoms in total. The molecule has 0 aromatic heterocycles. The van der Waals surface area contributed by atoms with Crippen LogP contribution in [0.15, 0.2) is 85.0 Å². The number of amides is 2. The summed E-state index contributed by atoms with van der Waals surface area (Å²) in [5.74, 6) is 0.150. The molecule has 2 heterocycles. The highest BCUT2D eigenvalue weighted by Gasteiger charge is 2.30. The molecule has 43 heavy (non-hydrogen) atoms. The average molecular weight is 593 g/mol. The molecule has 0 aliphatic carbocycles. The summed E-state index contributed by atoms with van der Waals surface area (Å²) in [4.78, 5) is 24.6. The number of fused-ring (bicyclic) bond motifs is 1. The zero-order chi connectivity index (χ0) is 30.4. The maximum absolute atomic E-state index is 13.2. The van der Waals surface area contributed by atoms with Crippen molar-refractivity contribution in [2.75, 3.05) is 30.5 Å². The Bertz CT molecular complexity index is 1510. The van der Waals surface area contributed by atoms with Gasteiger partial charge in [0, 0.05) is 42.6 Å². The quantitative estimate of drug-likeness (QED) is 0.221. The second kappa shape index (κ2) is 13.3. The van der Waals surface area contributed by atoms with E-state index in [0.717, 1.165) is 43.8 Å². The number of allylic oxidation sites excluding steroid dienone is 2. The van der Waals surface area contributed by atoms with E-state index in [2.05, 4.69) is 10.6 Å². The van der Waals surface area contributed by atoms with E-state index in [1.807, 2.05) is 24.3 Å². The van der Waals surface area contributed by atoms with Gasteiger partial charge in [0.1, 0.15) is 11.9 Å². The number of hydrogen-bond donors (Lipinski definition) is 3. The molecule has 2 aliphatic heterocycles. The molecule has 10 heteroatoms. The Hall–Kier alpha value is -4.41. The van der Waals surface area contributed by atoms with E-state index >= 15 is 0 Å². The van der Waals surface area contributed by atoms with Crippen LogP contribution in [0.4, 0.5) is 24.5 Å². The molecule has 3 aromatic carbocycles. The summed E-state index contributed by atoms with van der Waals surface area (Å²) in [5.41, 5.74) is 2.69. The molecule has 224 valence electrons. The van der Waals surface area contributed by atoms with Crippen LogP contribution in [0.1, 0.15) is 35.1 Å². The smallest absolute Gasteiger partial charge is 0.416 e. The van der Waals surface area contributed by atoms with Crippen LogP contribution in [0.3, 0.4) is 0 Å². The van der Waals surface area contributed by atoms with Crippen molar-refractivity contribution in [3.05, 3.63) is 107 Å². The first-order valence-electron chi connectivity index (χ1n) is 14.0. The van der Waals surface area contributed by atoms with E-state index in [4.69, 9.17) is 9.47 Å². The van der Waals surface area contributed by atoms with Crippen molar-refractivity contribution in [1.29, 1.82) is 0 Å². The van der Waals surface area contributed by atoms with Gasteiger partial charge in [-0.15, -0.1) is 0 Å². The molecule has 0 spiro atoms. The third-order valence-electron chi connectivity index (χ3n) is 7.42. The highest BCUT2D eigenvalue weighted by atomic mass is 19.4. The van der Waals surface area contributed by atoms with Crippen LogP contribution < -0.4 is 15.4 Å². The van der Waals surface area contributed by atoms with Gasteiger partial charge in [-0.3, -0.25) is 9.59 Å². The third kappa shape index (κ3) is 7.71. The number of halogens is 3. The van der Waals surface area contributed by atoms with Gasteiger partial charge < -0.3 is 25.2 Å². The van der Waals surface area contributed by atoms with Gasteiger partial charge in [0.2, 0.25) is 5.91 Å². The Balaban J connectivity index is 1.34. The van der Waals surface area contributed by atoms with Gasteiger partial charge in [0.15, 0.2) is 0 Å². The maximum atomic E-state index is 13.2. The first-order chi connectivity index (χ1) is 20.7. The molecular weight excluding hydrogens is 561 g/mol. The third-order valence-corrected chi connectivity index (χ3v) is 7.42. The summed E-state index contributed by atoms with van der Waals surface area (Å²) >= 11 is 0. The Morgan fingerprint density at radius 2 is 1.70 bits per heavy atom. The normalized spacial score (nSPS) is 17.8. The number of alkyl halides is 3. The van der Waals surface area contributed by atoms with Crippen LogP contribution in [-0.4, -0.2) is 42.8 Å². The number of aliphatic hydroxyl groups excluding tert-OH is 1. The van der Waals surface area contributed by atoms with Gasteiger partial charge >= 0.3 is 6.18 Å². The van der Waals surface area contributed by atoms with E-state index in [9.17, 15) is 27.9 Å². The van der Waals surface area contributed by atoms with Crippen LogP contribution in [0, 0.1) is 5.92 Å². The lowest BCUT2D eigenvalue weighted by atomic mass is 9.96. The first-order valence-corrected chi connectivity index (χ1v) is 14.0. The summed E-state index contributed by atoms with van der Waals surface area (Å²) in [6.45, 7) is 2.04. The molecule has 1 saturated heterocycles. The van der Waals surface area contributed by atoms with Gasteiger partial charge in [-0.2, -0.15) is 13.2 Å². The van der Waals surface area contributed by atoms with E-state index in [0.29, 0.717) is 46.3 Å². The van der Waals surface area contributed by atoms with Crippen molar-refractivity contribution in [3.8, 4) is 5.75 Å². The Labute approximate surface area is 247 Å². The Morgan fingerprint density at radius 1 is 1.02 bits per heavy atom. The predicted octanol–water partition coefficient (Wildman–Crippen LogP) is 5.99. The zero-order valence-electron chi connectivity index (χ0n) is 23.2. The van der Waals surface area contributed by atoms with Crippen molar-refractivity contribution in [3.63, 3.8) is 0 Å². The van der Waals surface area contributed by atoms with E-state index < -0.39 is 29.7 Å². The minimum atomic E-state index is -4.46. The molecule has 0 saturated carbocycles. The van der Waals surface area contributed by atoms with Crippen LogP contribution in [0.2, 0.25) is 0 Å². The van der Waals surface area contributed by atoms with Gasteiger partial charge in [-0.25, -0.2) is 0 Å². The molecule has 2 aliphatic rings. The summed E-state index contributed by atoms with van der Waals surface area (Å²) in [6.07, 6.45) is 0.761. The Kier molecular flexibility index (Phi) is 9.27. The standard InChI is InChI=1S/C33H31F3N2O5/c34-33(35,36)24-11-7-22(8-12-24)26(23-9-13-25(14-10-23)43-20-21-15-17-42-18-16-21)3-1-6-31(40)37-28-4-2-5-29-27(28)19-30(39)32(41)38-29/h1-14,21,30,39H,15-20H2,(H,37,40)(H,38,41)/b6-1+,26-3+. The number of carbonyl (C=O) groups is 2. The van der Waals surface area contributed by atoms with Gasteiger partial charge in [0.25, 0.3) is 5.91 Å². The highest BCUT2D eigenvalue weighted by Crippen LogP contribution is 2.33. The number of hydrogen-bond acceptors (Lipinski definition) is 5. The number of rotatable bonds is 8. The molecule has 2 amide bonds. The fourth-order valence-electron chi connectivity index (χ4n) is 5.00. The topological polar surface area (TPSA) is 96.9 Å². The molecule has 1 atom stereocenters. The number of benzene rings is 3. The van der Waals surface area contributed by atoms with Crippen LogP contribution in [-0.2, 0) is 26.9 Å². The number of anilines is 2. The van der Waals surface area contributed by atoms with Crippen LogP contribution in [0.25, 0.3) is 5.57 Å². The van der Waals surface area contributed by atoms with E-state index in [1.54, 1.807) is 24.3 Å². The first kappa shape index (κ1) is 30.1. The number of carbonyl (C=O) groups excluding carboxylic acids is 2. The molecule has 0 radical (unpaired) electrons. The lowest BCUT2D eigenvalue weighted by molar-refractivity contribution is -0.137. The fraction of sp³-hybridized carbons (Fsp3) is 0.273. The van der Waals surface area contributed by atoms with Crippen LogP contribution >= 0.6 is 0 Å². The number of aliphatic hydroxyl groups is 1. The summed E-state index contributed by atoms with van der Waals surface area (Å²) in [7, 11) is 0. The lowest BCUT2D eigenvalue weighted by Gasteiger charge is -2.23.